The maximum Gasteiger partial charge on any atom is 0.236 e. The highest BCUT2D eigenvalue weighted by molar-refractivity contribution is 5.78. The number of pyridine rings is 1. The Morgan fingerprint density at radius 3 is 2.58 bits per heavy atom. The molecule has 2 fully saturated rings. The van der Waals surface area contributed by atoms with E-state index in [1.807, 2.05) is 29.3 Å². The van der Waals surface area contributed by atoms with E-state index in [1.165, 1.54) is 0 Å². The van der Waals surface area contributed by atoms with Crippen LogP contribution in [0.3, 0.4) is 0 Å². The lowest BCUT2D eigenvalue weighted by Gasteiger charge is -2.37. The Hall–Kier alpha value is -1.70. The molecule has 0 spiro atoms. The number of hydrogen-bond acceptors (Lipinski definition) is 6. The molecular formula is C19H31N5O2. The van der Waals surface area contributed by atoms with Crippen LogP contribution in [0.4, 0.5) is 5.82 Å². The minimum absolute atomic E-state index is 0.247. The highest BCUT2D eigenvalue weighted by Gasteiger charge is 2.26. The number of piperazine rings is 1. The molecule has 1 amide bonds. The van der Waals surface area contributed by atoms with Gasteiger partial charge in [-0.25, -0.2) is 4.98 Å². The molecule has 2 aliphatic heterocycles. The average molecular weight is 361 g/mol. The zero-order valence-corrected chi connectivity index (χ0v) is 15.6. The molecule has 2 aliphatic rings. The summed E-state index contributed by atoms with van der Waals surface area (Å²) >= 11 is 0. The third-order valence-corrected chi connectivity index (χ3v) is 5.20. The molecule has 2 saturated heterocycles. The Labute approximate surface area is 156 Å². The lowest BCUT2D eigenvalue weighted by molar-refractivity contribution is -0.135. The minimum Gasteiger partial charge on any atom is -0.378 e. The van der Waals surface area contributed by atoms with Gasteiger partial charge in [-0.3, -0.25) is 9.69 Å². The molecule has 0 atom stereocenters. The molecule has 0 radical (unpaired) electrons. The van der Waals surface area contributed by atoms with Crippen molar-refractivity contribution in [3.63, 3.8) is 0 Å². The lowest BCUT2D eigenvalue weighted by Crippen LogP contribution is -2.51. The highest BCUT2D eigenvalue weighted by Crippen LogP contribution is 2.16. The predicted molar refractivity (Wildman–Crippen MR) is 102 cm³/mol. The molecule has 0 saturated carbocycles. The smallest absolute Gasteiger partial charge is 0.236 e. The largest absolute Gasteiger partial charge is 0.378 e. The number of aromatic nitrogens is 1. The van der Waals surface area contributed by atoms with Gasteiger partial charge in [0.05, 0.1) is 12.6 Å². The number of likely N-dealkylation sites (tertiary alicyclic amines) is 1. The number of nitrogens with two attached hydrogens (primary N) is 1. The van der Waals surface area contributed by atoms with E-state index in [-0.39, 0.29) is 12.0 Å². The molecule has 1 aromatic rings. The van der Waals surface area contributed by atoms with Crippen LogP contribution < -0.4 is 10.6 Å². The second-order valence-corrected chi connectivity index (χ2v) is 7.04. The maximum atomic E-state index is 12.6. The van der Waals surface area contributed by atoms with Crippen LogP contribution in [0.5, 0.6) is 0 Å². The molecule has 2 N–H and O–H groups in total. The van der Waals surface area contributed by atoms with Crippen LogP contribution in [0.25, 0.3) is 0 Å². The second kappa shape index (κ2) is 9.85. The van der Waals surface area contributed by atoms with Gasteiger partial charge in [0.15, 0.2) is 0 Å². The van der Waals surface area contributed by atoms with Gasteiger partial charge in [0.25, 0.3) is 0 Å². The topological polar surface area (TPSA) is 74.9 Å². The monoisotopic (exact) mass is 361 g/mol. The van der Waals surface area contributed by atoms with Crippen molar-refractivity contribution in [2.24, 2.45) is 5.73 Å². The van der Waals surface area contributed by atoms with Gasteiger partial charge in [0, 0.05) is 52.1 Å². The molecular weight excluding hydrogens is 330 g/mol. The number of rotatable bonds is 7. The normalized spacial score (nSPS) is 19.7. The van der Waals surface area contributed by atoms with Gasteiger partial charge in [0.2, 0.25) is 5.91 Å². The summed E-state index contributed by atoms with van der Waals surface area (Å²) in [6.07, 6.45) is 4.89. The maximum absolute atomic E-state index is 12.6. The van der Waals surface area contributed by atoms with Gasteiger partial charge < -0.3 is 20.3 Å². The summed E-state index contributed by atoms with van der Waals surface area (Å²) in [6.45, 7) is 7.18. The van der Waals surface area contributed by atoms with E-state index in [0.717, 1.165) is 71.0 Å². The molecule has 26 heavy (non-hydrogen) atoms. The number of ether oxygens (including phenoxy) is 1. The molecule has 7 heteroatoms. The number of hydrogen-bond donors (Lipinski definition) is 1. The molecule has 0 bridgehead atoms. The Bertz CT molecular complexity index is 540. The fraction of sp³-hybridized carbons (Fsp3) is 0.684. The van der Waals surface area contributed by atoms with Crippen molar-refractivity contribution in [3.8, 4) is 0 Å². The molecule has 144 valence electrons. The van der Waals surface area contributed by atoms with Crippen LogP contribution in [0.15, 0.2) is 24.4 Å². The molecule has 0 aliphatic carbocycles. The van der Waals surface area contributed by atoms with Gasteiger partial charge in [-0.2, -0.15) is 0 Å². The first-order valence-corrected chi connectivity index (χ1v) is 9.74. The standard InChI is InChI=1S/C19H31N5O2/c20-7-3-15-26-17-5-9-24(10-6-17)19(25)16-22-11-13-23(14-12-22)18-4-1-2-8-21-18/h1-2,4,8,17H,3,5-7,9-16,20H2. The zero-order chi connectivity index (χ0) is 18.2. The van der Waals surface area contributed by atoms with E-state index < -0.39 is 0 Å². The summed E-state index contributed by atoms with van der Waals surface area (Å²) in [5.41, 5.74) is 5.49. The molecule has 3 heterocycles. The van der Waals surface area contributed by atoms with Crippen molar-refractivity contribution in [2.45, 2.75) is 25.4 Å². The first-order chi connectivity index (χ1) is 12.8. The van der Waals surface area contributed by atoms with Crippen LogP contribution in [-0.4, -0.2) is 85.8 Å². The predicted octanol–water partition coefficient (Wildman–Crippen LogP) is 0.560. The first-order valence-electron chi connectivity index (χ1n) is 9.74. The summed E-state index contributed by atoms with van der Waals surface area (Å²) in [5.74, 6) is 1.27. The third-order valence-electron chi connectivity index (χ3n) is 5.20. The summed E-state index contributed by atoms with van der Waals surface area (Å²) in [6, 6.07) is 5.99. The Morgan fingerprint density at radius 2 is 1.92 bits per heavy atom. The fourth-order valence-corrected chi connectivity index (χ4v) is 3.57. The van der Waals surface area contributed by atoms with Crippen molar-refractivity contribution in [2.75, 3.05) is 63.9 Å². The molecule has 0 unspecified atom stereocenters. The van der Waals surface area contributed by atoms with Gasteiger partial charge in [-0.1, -0.05) is 6.07 Å². The van der Waals surface area contributed by atoms with Crippen molar-refractivity contribution in [1.29, 1.82) is 0 Å². The fourth-order valence-electron chi connectivity index (χ4n) is 3.57. The summed E-state index contributed by atoms with van der Waals surface area (Å²) in [7, 11) is 0. The quantitative estimate of drug-likeness (QED) is 0.716. The average Bonchev–Trinajstić information content (AvgIpc) is 2.70. The number of carbonyl (C=O) groups is 1. The molecule has 3 rings (SSSR count). The van der Waals surface area contributed by atoms with E-state index in [1.54, 1.807) is 0 Å². The van der Waals surface area contributed by atoms with Crippen molar-refractivity contribution < 1.29 is 9.53 Å². The molecule has 7 nitrogen and oxygen atoms in total. The van der Waals surface area contributed by atoms with Crippen LogP contribution >= 0.6 is 0 Å². The Kier molecular flexibility index (Phi) is 7.22. The van der Waals surface area contributed by atoms with Gasteiger partial charge in [-0.05, 0) is 37.9 Å². The molecule has 0 aromatic carbocycles. The summed E-state index contributed by atoms with van der Waals surface area (Å²) < 4.78 is 5.82. The number of amides is 1. The van der Waals surface area contributed by atoms with Gasteiger partial charge in [0.1, 0.15) is 5.82 Å². The van der Waals surface area contributed by atoms with Crippen LogP contribution in [-0.2, 0) is 9.53 Å². The Balaban J connectivity index is 1.36. The SMILES string of the molecule is NCCCOC1CCN(C(=O)CN2CCN(c3ccccn3)CC2)CC1. The third kappa shape index (κ3) is 5.40. The van der Waals surface area contributed by atoms with Crippen LogP contribution in [0.2, 0.25) is 0 Å². The number of anilines is 1. The summed E-state index contributed by atoms with van der Waals surface area (Å²) in [4.78, 5) is 23.5. The van der Waals surface area contributed by atoms with Gasteiger partial charge >= 0.3 is 0 Å². The first kappa shape index (κ1) is 19.1. The minimum atomic E-state index is 0.247. The van der Waals surface area contributed by atoms with E-state index in [9.17, 15) is 4.79 Å². The van der Waals surface area contributed by atoms with Gasteiger partial charge in [-0.15, -0.1) is 0 Å². The van der Waals surface area contributed by atoms with Crippen molar-refractivity contribution >= 4 is 11.7 Å². The second-order valence-electron chi connectivity index (χ2n) is 7.04. The van der Waals surface area contributed by atoms with Crippen LogP contribution in [0.1, 0.15) is 19.3 Å². The van der Waals surface area contributed by atoms with E-state index in [0.29, 0.717) is 13.1 Å². The molecule has 1 aromatic heterocycles. The van der Waals surface area contributed by atoms with E-state index >= 15 is 0 Å². The van der Waals surface area contributed by atoms with E-state index in [2.05, 4.69) is 14.8 Å². The van der Waals surface area contributed by atoms with Crippen molar-refractivity contribution in [1.82, 2.24) is 14.8 Å². The van der Waals surface area contributed by atoms with Crippen molar-refractivity contribution in [3.05, 3.63) is 24.4 Å². The highest BCUT2D eigenvalue weighted by atomic mass is 16.5. The van der Waals surface area contributed by atoms with E-state index in [4.69, 9.17) is 10.5 Å². The number of carbonyl (C=O) groups excluding carboxylic acids is 1. The number of nitrogens with zero attached hydrogens (tertiary/aromatic N) is 4. The summed E-state index contributed by atoms with van der Waals surface area (Å²) in [5, 5.41) is 0. The number of piperidine rings is 1. The lowest BCUT2D eigenvalue weighted by atomic mass is 10.1. The van der Waals surface area contributed by atoms with Crippen LogP contribution in [0, 0.1) is 0 Å². The zero-order valence-electron chi connectivity index (χ0n) is 15.6. The Morgan fingerprint density at radius 1 is 1.15 bits per heavy atom.